The zero-order valence-electron chi connectivity index (χ0n) is 8.77. The Labute approximate surface area is 106 Å². The smallest absolute Gasteiger partial charge is 0.259 e. The highest BCUT2D eigenvalue weighted by Crippen LogP contribution is 2.19. The largest absolute Gasteiger partial charge is 0.373 e. The molecule has 0 fully saturated rings. The normalized spacial score (nSPS) is 10.0. The van der Waals surface area contributed by atoms with Crippen molar-refractivity contribution in [2.45, 2.75) is 0 Å². The van der Waals surface area contributed by atoms with Crippen molar-refractivity contribution in [3.63, 3.8) is 0 Å². The third-order valence-corrected chi connectivity index (χ3v) is 2.84. The van der Waals surface area contributed by atoms with E-state index in [0.717, 1.165) is 0 Å². The monoisotopic (exact) mass is 269 g/mol. The second-order valence-corrected chi connectivity index (χ2v) is 4.24. The molecule has 2 aromatic heterocycles. The molecule has 0 aliphatic heterocycles. The molecule has 2 heterocycles. The Hall–Kier alpha value is -1.73. The zero-order valence-corrected chi connectivity index (χ0v) is 10.3. The van der Waals surface area contributed by atoms with Crippen LogP contribution < -0.4 is 10.6 Å². The van der Waals surface area contributed by atoms with Gasteiger partial charge in [-0.25, -0.2) is 4.98 Å². The maximum atomic E-state index is 11.9. The van der Waals surface area contributed by atoms with Crippen LogP contribution in [0.15, 0.2) is 17.8 Å². The summed E-state index contributed by atoms with van der Waals surface area (Å²) in [5.74, 6) is 0.225. The van der Waals surface area contributed by atoms with Crippen LogP contribution in [0, 0.1) is 0 Å². The SMILES string of the molecule is CNc1cc(C(=O)Nc2nncs2)c(Cl)cn1. The Bertz CT molecular complexity index is 530. The number of pyridine rings is 1. The van der Waals surface area contributed by atoms with E-state index in [1.165, 1.54) is 23.0 Å². The number of halogens is 1. The minimum absolute atomic E-state index is 0.283. The van der Waals surface area contributed by atoms with Crippen LogP contribution in [0.1, 0.15) is 10.4 Å². The molecule has 0 aromatic carbocycles. The number of hydrogen-bond donors (Lipinski definition) is 2. The first-order valence-corrected chi connectivity index (χ1v) is 5.87. The highest BCUT2D eigenvalue weighted by atomic mass is 35.5. The number of nitrogens with one attached hydrogen (secondary N) is 2. The van der Waals surface area contributed by atoms with Crippen molar-refractivity contribution in [1.29, 1.82) is 0 Å². The van der Waals surface area contributed by atoms with Crippen LogP contribution in [0.5, 0.6) is 0 Å². The molecule has 0 saturated heterocycles. The van der Waals surface area contributed by atoms with E-state index in [1.807, 2.05) is 0 Å². The van der Waals surface area contributed by atoms with E-state index in [0.29, 0.717) is 16.5 Å². The number of aromatic nitrogens is 3. The molecule has 1 amide bonds. The summed E-state index contributed by atoms with van der Waals surface area (Å²) in [5.41, 5.74) is 1.87. The fourth-order valence-corrected chi connectivity index (χ4v) is 1.77. The van der Waals surface area contributed by atoms with Gasteiger partial charge in [0, 0.05) is 13.2 Å². The van der Waals surface area contributed by atoms with Gasteiger partial charge in [-0.05, 0) is 6.07 Å². The van der Waals surface area contributed by atoms with Gasteiger partial charge in [0.25, 0.3) is 5.91 Å². The van der Waals surface area contributed by atoms with Crippen LogP contribution >= 0.6 is 22.9 Å². The van der Waals surface area contributed by atoms with Crippen LogP contribution in [-0.2, 0) is 0 Å². The molecule has 88 valence electrons. The first-order valence-electron chi connectivity index (χ1n) is 4.61. The molecule has 0 unspecified atom stereocenters. The second-order valence-electron chi connectivity index (χ2n) is 3.00. The van der Waals surface area contributed by atoms with Gasteiger partial charge in [-0.3, -0.25) is 10.1 Å². The minimum Gasteiger partial charge on any atom is -0.373 e. The summed E-state index contributed by atoms with van der Waals surface area (Å²) in [6.45, 7) is 0. The van der Waals surface area contributed by atoms with Crippen LogP contribution in [0.2, 0.25) is 5.02 Å². The van der Waals surface area contributed by atoms with E-state index >= 15 is 0 Å². The number of nitrogens with zero attached hydrogens (tertiary/aromatic N) is 3. The molecule has 0 atom stereocenters. The van der Waals surface area contributed by atoms with Crippen molar-refractivity contribution < 1.29 is 4.79 Å². The van der Waals surface area contributed by atoms with Crippen molar-refractivity contribution in [2.24, 2.45) is 0 Å². The molecule has 0 saturated carbocycles. The van der Waals surface area contributed by atoms with Crippen LogP contribution in [0.3, 0.4) is 0 Å². The fraction of sp³-hybridized carbons (Fsp3) is 0.111. The van der Waals surface area contributed by atoms with E-state index < -0.39 is 0 Å². The van der Waals surface area contributed by atoms with Gasteiger partial charge >= 0.3 is 0 Å². The molecule has 2 rings (SSSR count). The quantitative estimate of drug-likeness (QED) is 0.889. The average Bonchev–Trinajstić information content (AvgIpc) is 2.82. The summed E-state index contributed by atoms with van der Waals surface area (Å²) in [4.78, 5) is 15.9. The van der Waals surface area contributed by atoms with Gasteiger partial charge in [-0.2, -0.15) is 0 Å². The van der Waals surface area contributed by atoms with Crippen molar-refractivity contribution >= 4 is 39.8 Å². The van der Waals surface area contributed by atoms with Gasteiger partial charge in [-0.15, -0.1) is 10.2 Å². The van der Waals surface area contributed by atoms with E-state index in [-0.39, 0.29) is 10.9 Å². The van der Waals surface area contributed by atoms with Crippen molar-refractivity contribution in [2.75, 3.05) is 17.7 Å². The van der Waals surface area contributed by atoms with E-state index in [1.54, 1.807) is 13.1 Å². The number of hydrogen-bond acceptors (Lipinski definition) is 6. The Morgan fingerprint density at radius 1 is 1.53 bits per heavy atom. The van der Waals surface area contributed by atoms with Gasteiger partial charge in [-0.1, -0.05) is 22.9 Å². The lowest BCUT2D eigenvalue weighted by molar-refractivity contribution is 0.102. The molecular formula is C9H8ClN5OS. The molecule has 0 radical (unpaired) electrons. The molecule has 0 bridgehead atoms. The summed E-state index contributed by atoms with van der Waals surface area (Å²) in [6, 6.07) is 1.57. The summed E-state index contributed by atoms with van der Waals surface area (Å²) in [6.07, 6.45) is 1.42. The molecule has 0 spiro atoms. The third-order valence-electron chi connectivity index (χ3n) is 1.94. The molecule has 6 nitrogen and oxygen atoms in total. The molecule has 0 aliphatic carbocycles. The number of carbonyl (C=O) groups excluding carboxylic acids is 1. The molecular weight excluding hydrogens is 262 g/mol. The topological polar surface area (TPSA) is 79.8 Å². The number of rotatable bonds is 3. The standard InChI is InChI=1S/C9H8ClN5OS/c1-11-7-2-5(6(10)3-12-7)8(16)14-9-15-13-4-17-9/h2-4H,1H3,(H,11,12)(H,14,15,16). The maximum absolute atomic E-state index is 11.9. The minimum atomic E-state index is -0.342. The molecule has 2 N–H and O–H groups in total. The summed E-state index contributed by atoms with van der Waals surface area (Å²) < 4.78 is 0. The van der Waals surface area contributed by atoms with Crippen LogP contribution in [0.25, 0.3) is 0 Å². The van der Waals surface area contributed by atoms with Crippen LogP contribution in [-0.4, -0.2) is 28.1 Å². The van der Waals surface area contributed by atoms with Gasteiger partial charge in [0.2, 0.25) is 5.13 Å². The zero-order chi connectivity index (χ0) is 12.3. The molecule has 2 aromatic rings. The first-order chi connectivity index (χ1) is 8.20. The second kappa shape index (κ2) is 5.07. The maximum Gasteiger partial charge on any atom is 0.259 e. The van der Waals surface area contributed by atoms with Crippen molar-refractivity contribution in [3.8, 4) is 0 Å². The van der Waals surface area contributed by atoms with E-state index in [2.05, 4.69) is 25.8 Å². The van der Waals surface area contributed by atoms with E-state index in [4.69, 9.17) is 11.6 Å². The first kappa shape index (κ1) is 11.7. The van der Waals surface area contributed by atoms with Gasteiger partial charge in [0.05, 0.1) is 10.6 Å². The predicted octanol–water partition coefficient (Wildman–Crippen LogP) is 1.88. The Morgan fingerprint density at radius 3 is 3.00 bits per heavy atom. The van der Waals surface area contributed by atoms with Crippen molar-refractivity contribution in [1.82, 2.24) is 15.2 Å². The fourth-order valence-electron chi connectivity index (χ4n) is 1.14. The highest BCUT2D eigenvalue weighted by Gasteiger charge is 2.13. The summed E-state index contributed by atoms with van der Waals surface area (Å²) in [5, 5.41) is 13.5. The number of amides is 1. The summed E-state index contributed by atoms with van der Waals surface area (Å²) in [7, 11) is 1.71. The lowest BCUT2D eigenvalue weighted by Gasteiger charge is -2.05. The Kier molecular flexibility index (Phi) is 3.50. The van der Waals surface area contributed by atoms with Gasteiger partial charge in [0.1, 0.15) is 11.3 Å². The molecule has 0 aliphatic rings. The average molecular weight is 270 g/mol. The van der Waals surface area contributed by atoms with Crippen molar-refractivity contribution in [3.05, 3.63) is 28.4 Å². The lowest BCUT2D eigenvalue weighted by atomic mass is 10.2. The predicted molar refractivity (Wildman–Crippen MR) is 66.7 cm³/mol. The number of carbonyl (C=O) groups is 1. The molecule has 17 heavy (non-hydrogen) atoms. The number of anilines is 2. The van der Waals surface area contributed by atoms with Gasteiger partial charge < -0.3 is 5.32 Å². The Balaban J connectivity index is 2.24. The molecule has 8 heteroatoms. The lowest BCUT2D eigenvalue weighted by Crippen LogP contribution is -2.13. The Morgan fingerprint density at radius 2 is 2.35 bits per heavy atom. The van der Waals surface area contributed by atoms with Gasteiger partial charge in [0.15, 0.2) is 0 Å². The summed E-state index contributed by atoms with van der Waals surface area (Å²) >= 11 is 7.14. The third kappa shape index (κ3) is 2.69. The van der Waals surface area contributed by atoms with E-state index in [9.17, 15) is 4.79 Å². The van der Waals surface area contributed by atoms with Crippen LogP contribution in [0.4, 0.5) is 10.9 Å². The highest BCUT2D eigenvalue weighted by molar-refractivity contribution is 7.13.